The second-order valence-electron chi connectivity index (χ2n) is 6.78. The second-order valence-corrected chi connectivity index (χ2v) is 7.21. The van der Waals surface area contributed by atoms with Crippen molar-refractivity contribution < 1.29 is 4.79 Å². The van der Waals surface area contributed by atoms with Gasteiger partial charge in [-0.2, -0.15) is 0 Å². The quantitative estimate of drug-likeness (QED) is 0.673. The maximum atomic E-state index is 13.0. The number of aromatic amines is 1. The molecule has 1 aliphatic heterocycles. The van der Waals surface area contributed by atoms with Crippen LogP contribution in [0.1, 0.15) is 41.1 Å². The first-order chi connectivity index (χ1) is 12.2. The van der Waals surface area contributed by atoms with Crippen LogP contribution in [0.15, 0.2) is 54.7 Å². The molecule has 0 saturated carbocycles. The summed E-state index contributed by atoms with van der Waals surface area (Å²) in [7, 11) is 0. The van der Waals surface area contributed by atoms with E-state index in [0.717, 1.165) is 53.8 Å². The summed E-state index contributed by atoms with van der Waals surface area (Å²) in [5, 5.41) is 1.89. The molecule has 1 amide bonds. The topological polar surface area (TPSA) is 36.1 Å². The van der Waals surface area contributed by atoms with Gasteiger partial charge < -0.3 is 9.88 Å². The first-order valence-corrected chi connectivity index (χ1v) is 9.20. The standard InChI is InChI=1S/C21H21ClN2O/c22-19-8-6-15(7-9-19)18-3-1-2-12-24(14-18)21(25)17-5-4-16-10-11-23-20(16)13-17/h4-11,13,18,23H,1-3,12,14H2/t18-/m1/s1. The molecule has 4 heteroatoms. The molecule has 1 saturated heterocycles. The number of likely N-dealkylation sites (tertiary alicyclic amines) is 1. The van der Waals surface area contributed by atoms with Crippen LogP contribution in [0.3, 0.4) is 0 Å². The molecule has 1 fully saturated rings. The minimum absolute atomic E-state index is 0.123. The van der Waals surface area contributed by atoms with Gasteiger partial charge in [0.2, 0.25) is 0 Å². The third-order valence-corrected chi connectivity index (χ3v) is 5.35. The molecular formula is C21H21ClN2O. The third-order valence-electron chi connectivity index (χ3n) is 5.10. The molecule has 0 bridgehead atoms. The smallest absolute Gasteiger partial charge is 0.253 e. The number of fused-ring (bicyclic) bond motifs is 1. The predicted molar refractivity (Wildman–Crippen MR) is 102 cm³/mol. The van der Waals surface area contributed by atoms with E-state index in [4.69, 9.17) is 11.6 Å². The first-order valence-electron chi connectivity index (χ1n) is 8.82. The monoisotopic (exact) mass is 352 g/mol. The number of carbonyl (C=O) groups excluding carboxylic acids is 1. The summed E-state index contributed by atoms with van der Waals surface area (Å²) in [6.45, 7) is 1.59. The summed E-state index contributed by atoms with van der Waals surface area (Å²) in [6.07, 6.45) is 5.22. The number of aromatic nitrogens is 1. The van der Waals surface area contributed by atoms with Gasteiger partial charge in [-0.1, -0.05) is 36.2 Å². The molecule has 25 heavy (non-hydrogen) atoms. The van der Waals surface area contributed by atoms with Crippen molar-refractivity contribution in [2.45, 2.75) is 25.2 Å². The van der Waals surface area contributed by atoms with E-state index in [1.165, 1.54) is 5.56 Å². The molecule has 2 aromatic carbocycles. The Labute approximate surface area is 152 Å². The van der Waals surface area contributed by atoms with Crippen LogP contribution in [0.5, 0.6) is 0 Å². The Bertz CT molecular complexity index is 884. The van der Waals surface area contributed by atoms with Crippen molar-refractivity contribution in [3.8, 4) is 0 Å². The van der Waals surface area contributed by atoms with Crippen LogP contribution in [0, 0.1) is 0 Å². The van der Waals surface area contributed by atoms with Gasteiger partial charge in [0.1, 0.15) is 0 Å². The number of amides is 1. The Morgan fingerprint density at radius 2 is 1.92 bits per heavy atom. The Hall–Kier alpha value is -2.26. The third kappa shape index (κ3) is 3.42. The van der Waals surface area contributed by atoms with Crippen LogP contribution < -0.4 is 0 Å². The summed E-state index contributed by atoms with van der Waals surface area (Å²) >= 11 is 6.01. The molecule has 1 atom stereocenters. The molecule has 0 radical (unpaired) electrons. The zero-order valence-corrected chi connectivity index (χ0v) is 14.8. The van der Waals surface area contributed by atoms with Crippen molar-refractivity contribution in [2.24, 2.45) is 0 Å². The van der Waals surface area contributed by atoms with Gasteiger partial charge in [-0.15, -0.1) is 0 Å². The van der Waals surface area contributed by atoms with Gasteiger partial charge in [0, 0.05) is 41.3 Å². The summed E-state index contributed by atoms with van der Waals surface area (Å²) < 4.78 is 0. The number of halogens is 1. The lowest BCUT2D eigenvalue weighted by Crippen LogP contribution is -2.34. The molecule has 1 aromatic heterocycles. The summed E-state index contributed by atoms with van der Waals surface area (Å²) in [6, 6.07) is 16.0. The Morgan fingerprint density at radius 1 is 1.08 bits per heavy atom. The van der Waals surface area contributed by atoms with Gasteiger partial charge >= 0.3 is 0 Å². The number of hydrogen-bond acceptors (Lipinski definition) is 1. The number of carbonyl (C=O) groups is 1. The van der Waals surface area contributed by atoms with Gasteiger partial charge in [0.25, 0.3) is 5.91 Å². The van der Waals surface area contributed by atoms with Crippen molar-refractivity contribution in [1.82, 2.24) is 9.88 Å². The number of hydrogen-bond donors (Lipinski definition) is 1. The highest BCUT2D eigenvalue weighted by atomic mass is 35.5. The van der Waals surface area contributed by atoms with E-state index in [2.05, 4.69) is 17.1 Å². The van der Waals surface area contributed by atoms with Crippen LogP contribution in [0.4, 0.5) is 0 Å². The van der Waals surface area contributed by atoms with Crippen molar-refractivity contribution >= 4 is 28.4 Å². The van der Waals surface area contributed by atoms with Crippen molar-refractivity contribution in [3.63, 3.8) is 0 Å². The minimum atomic E-state index is 0.123. The van der Waals surface area contributed by atoms with Crippen LogP contribution in [-0.4, -0.2) is 28.9 Å². The summed E-state index contributed by atoms with van der Waals surface area (Å²) in [5.74, 6) is 0.496. The molecule has 0 spiro atoms. The van der Waals surface area contributed by atoms with Crippen LogP contribution in [0.2, 0.25) is 5.02 Å². The van der Waals surface area contributed by atoms with Crippen molar-refractivity contribution in [2.75, 3.05) is 13.1 Å². The number of benzene rings is 2. The van der Waals surface area contributed by atoms with Crippen molar-refractivity contribution in [3.05, 3.63) is 70.9 Å². The van der Waals surface area contributed by atoms with Crippen molar-refractivity contribution in [1.29, 1.82) is 0 Å². The van der Waals surface area contributed by atoms with E-state index < -0.39 is 0 Å². The molecule has 3 nitrogen and oxygen atoms in total. The molecule has 4 rings (SSSR count). The Balaban J connectivity index is 1.57. The van der Waals surface area contributed by atoms with E-state index in [1.54, 1.807) is 0 Å². The molecule has 0 aliphatic carbocycles. The van der Waals surface area contributed by atoms with Crippen LogP contribution in [-0.2, 0) is 0 Å². The number of nitrogens with zero attached hydrogens (tertiary/aromatic N) is 1. The normalized spacial score (nSPS) is 18.3. The Morgan fingerprint density at radius 3 is 2.76 bits per heavy atom. The fraction of sp³-hybridized carbons (Fsp3) is 0.286. The minimum Gasteiger partial charge on any atom is -0.361 e. The SMILES string of the molecule is O=C(c1ccc2cc[nH]c2c1)N1CCCC[C@@H](c2ccc(Cl)cc2)C1. The molecule has 1 N–H and O–H groups in total. The molecule has 0 unspecified atom stereocenters. The lowest BCUT2D eigenvalue weighted by molar-refractivity contribution is 0.0754. The maximum absolute atomic E-state index is 13.0. The number of H-pyrrole nitrogens is 1. The highest BCUT2D eigenvalue weighted by Crippen LogP contribution is 2.28. The van der Waals surface area contributed by atoms with E-state index >= 15 is 0 Å². The predicted octanol–water partition coefficient (Wildman–Crippen LogP) is 5.23. The fourth-order valence-electron chi connectivity index (χ4n) is 3.70. The zero-order chi connectivity index (χ0) is 17.2. The molecule has 128 valence electrons. The number of rotatable bonds is 2. The largest absolute Gasteiger partial charge is 0.361 e. The zero-order valence-electron chi connectivity index (χ0n) is 14.0. The van der Waals surface area contributed by atoms with Gasteiger partial charge in [-0.05, 0) is 54.1 Å². The van der Waals surface area contributed by atoms with Gasteiger partial charge in [-0.25, -0.2) is 0 Å². The van der Waals surface area contributed by atoms with Crippen LogP contribution in [0.25, 0.3) is 10.9 Å². The first kappa shape index (κ1) is 16.2. The molecule has 1 aliphatic rings. The highest BCUT2D eigenvalue weighted by Gasteiger charge is 2.24. The lowest BCUT2D eigenvalue weighted by atomic mass is 9.94. The van der Waals surface area contributed by atoms with Crippen LogP contribution >= 0.6 is 11.6 Å². The summed E-state index contributed by atoms with van der Waals surface area (Å²) in [5.41, 5.74) is 3.03. The highest BCUT2D eigenvalue weighted by molar-refractivity contribution is 6.30. The Kier molecular flexibility index (Phi) is 4.50. The average Bonchev–Trinajstić information content (AvgIpc) is 2.97. The maximum Gasteiger partial charge on any atom is 0.253 e. The average molecular weight is 353 g/mol. The van der Waals surface area contributed by atoms with Gasteiger partial charge in [-0.3, -0.25) is 4.79 Å². The molecule has 3 aromatic rings. The number of nitrogens with one attached hydrogen (secondary N) is 1. The lowest BCUT2D eigenvalue weighted by Gasteiger charge is -2.25. The van der Waals surface area contributed by atoms with E-state index in [1.807, 2.05) is 47.5 Å². The van der Waals surface area contributed by atoms with Gasteiger partial charge in [0.05, 0.1) is 0 Å². The second kappa shape index (κ2) is 6.93. The van der Waals surface area contributed by atoms with E-state index in [0.29, 0.717) is 5.92 Å². The molecule has 2 heterocycles. The summed E-state index contributed by atoms with van der Waals surface area (Å²) in [4.78, 5) is 18.2. The fourth-order valence-corrected chi connectivity index (χ4v) is 3.82. The van der Waals surface area contributed by atoms with E-state index in [9.17, 15) is 4.79 Å². The van der Waals surface area contributed by atoms with E-state index in [-0.39, 0.29) is 5.91 Å². The molecular weight excluding hydrogens is 332 g/mol. The van der Waals surface area contributed by atoms with Gasteiger partial charge in [0.15, 0.2) is 0 Å².